The third-order valence-corrected chi connectivity index (χ3v) is 4.36. The molecule has 0 aliphatic heterocycles. The molecule has 19 heavy (non-hydrogen) atoms. The van der Waals surface area contributed by atoms with E-state index in [0.29, 0.717) is 21.6 Å². The molecular formula is C11H14BrClN4OS. The molecule has 0 bridgehead atoms. The number of nitrogens with zero attached hydrogens (tertiary/aromatic N) is 4. The summed E-state index contributed by atoms with van der Waals surface area (Å²) in [5, 5.41) is 15.2. The Morgan fingerprint density at radius 1 is 1.53 bits per heavy atom. The van der Waals surface area contributed by atoms with Gasteiger partial charge in [-0.25, -0.2) is 4.98 Å². The molecule has 0 aliphatic rings. The van der Waals surface area contributed by atoms with Gasteiger partial charge in [0.1, 0.15) is 15.4 Å². The zero-order valence-corrected chi connectivity index (χ0v) is 13.7. The molecule has 1 atom stereocenters. The second-order valence-electron chi connectivity index (χ2n) is 4.31. The zero-order valence-electron chi connectivity index (χ0n) is 10.5. The molecule has 5 nitrogen and oxygen atoms in total. The lowest BCUT2D eigenvalue weighted by Crippen LogP contribution is -2.21. The molecule has 0 aliphatic carbocycles. The zero-order chi connectivity index (χ0) is 14.0. The molecule has 0 saturated carbocycles. The number of hydrogen-bond donors (Lipinski definition) is 1. The summed E-state index contributed by atoms with van der Waals surface area (Å²) in [5.41, 5.74) is 0.702. The van der Waals surface area contributed by atoms with Crippen molar-refractivity contribution in [3.05, 3.63) is 31.9 Å². The van der Waals surface area contributed by atoms with Gasteiger partial charge < -0.3 is 10.0 Å². The van der Waals surface area contributed by atoms with E-state index in [9.17, 15) is 5.11 Å². The third-order valence-electron chi connectivity index (χ3n) is 2.58. The van der Waals surface area contributed by atoms with E-state index in [1.54, 1.807) is 17.1 Å². The maximum Gasteiger partial charge on any atom is 0.148 e. The van der Waals surface area contributed by atoms with Gasteiger partial charge in [0, 0.05) is 6.54 Å². The molecule has 0 radical (unpaired) electrons. The highest BCUT2D eigenvalue weighted by atomic mass is 79.9. The predicted molar refractivity (Wildman–Crippen MR) is 79.7 cm³/mol. The van der Waals surface area contributed by atoms with E-state index in [-0.39, 0.29) is 0 Å². The van der Waals surface area contributed by atoms with Crippen molar-refractivity contribution in [2.24, 2.45) is 0 Å². The van der Waals surface area contributed by atoms with Crippen LogP contribution < -0.4 is 0 Å². The number of aromatic nitrogens is 3. The molecule has 8 heteroatoms. The fourth-order valence-electron chi connectivity index (χ4n) is 1.63. The van der Waals surface area contributed by atoms with Crippen molar-refractivity contribution in [2.75, 3.05) is 20.6 Å². The minimum absolute atomic E-state index is 0.560. The van der Waals surface area contributed by atoms with Gasteiger partial charge in [-0.15, -0.1) is 11.3 Å². The van der Waals surface area contributed by atoms with Crippen LogP contribution >= 0.6 is 38.9 Å². The van der Waals surface area contributed by atoms with Crippen molar-refractivity contribution in [3.63, 3.8) is 0 Å². The van der Waals surface area contributed by atoms with E-state index < -0.39 is 6.10 Å². The van der Waals surface area contributed by atoms with Crippen molar-refractivity contribution in [1.29, 1.82) is 0 Å². The summed E-state index contributed by atoms with van der Waals surface area (Å²) in [6, 6.07) is 0. The quantitative estimate of drug-likeness (QED) is 0.884. The highest BCUT2D eigenvalue weighted by Crippen LogP contribution is 2.32. The topological polar surface area (TPSA) is 54.2 Å². The molecule has 2 aromatic heterocycles. The molecule has 0 aromatic carbocycles. The molecule has 0 fully saturated rings. The van der Waals surface area contributed by atoms with Crippen molar-refractivity contribution >= 4 is 38.9 Å². The van der Waals surface area contributed by atoms with Crippen LogP contribution in [0.15, 0.2) is 16.9 Å². The second kappa shape index (κ2) is 6.32. The average molecular weight is 366 g/mol. The Hall–Kier alpha value is -0.470. The first kappa shape index (κ1) is 14.9. The van der Waals surface area contributed by atoms with Crippen LogP contribution in [-0.2, 0) is 6.54 Å². The van der Waals surface area contributed by atoms with Crippen LogP contribution in [-0.4, -0.2) is 45.4 Å². The molecule has 0 spiro atoms. The van der Waals surface area contributed by atoms with E-state index in [0.717, 1.165) is 11.0 Å². The lowest BCUT2D eigenvalue weighted by Gasteiger charge is -2.14. The molecule has 0 saturated heterocycles. The van der Waals surface area contributed by atoms with Crippen molar-refractivity contribution < 1.29 is 5.11 Å². The summed E-state index contributed by atoms with van der Waals surface area (Å²) in [6.07, 6.45) is 2.40. The minimum Gasteiger partial charge on any atom is -0.379 e. The number of hydrogen-bond acceptors (Lipinski definition) is 5. The Kier molecular flexibility index (Phi) is 4.97. The molecule has 104 valence electrons. The van der Waals surface area contributed by atoms with Gasteiger partial charge in [-0.3, -0.25) is 4.68 Å². The van der Waals surface area contributed by atoms with Gasteiger partial charge in [0.05, 0.1) is 29.1 Å². The Labute approximate surface area is 129 Å². The Morgan fingerprint density at radius 2 is 2.26 bits per heavy atom. The van der Waals surface area contributed by atoms with Crippen molar-refractivity contribution in [3.8, 4) is 0 Å². The van der Waals surface area contributed by atoms with Crippen molar-refractivity contribution in [2.45, 2.75) is 12.6 Å². The van der Waals surface area contributed by atoms with Gasteiger partial charge in [-0.05, 0) is 30.0 Å². The van der Waals surface area contributed by atoms with E-state index in [4.69, 9.17) is 11.6 Å². The molecule has 0 amide bonds. The molecular weight excluding hydrogens is 352 g/mol. The molecule has 2 heterocycles. The Balaban J connectivity index is 2.25. The van der Waals surface area contributed by atoms with Crippen LogP contribution in [0.3, 0.4) is 0 Å². The van der Waals surface area contributed by atoms with Gasteiger partial charge in [-0.1, -0.05) is 11.6 Å². The van der Waals surface area contributed by atoms with Crippen LogP contribution in [0.25, 0.3) is 0 Å². The van der Waals surface area contributed by atoms with Gasteiger partial charge >= 0.3 is 0 Å². The van der Waals surface area contributed by atoms with Gasteiger partial charge in [0.2, 0.25) is 0 Å². The van der Waals surface area contributed by atoms with E-state index in [2.05, 4.69) is 30.9 Å². The SMILES string of the molecule is CN(C)CCn1ncc(Br)c1C(O)c1ncc(Cl)s1. The Morgan fingerprint density at radius 3 is 2.84 bits per heavy atom. The first-order valence-electron chi connectivity index (χ1n) is 5.64. The molecule has 1 N–H and O–H groups in total. The first-order valence-corrected chi connectivity index (χ1v) is 7.63. The number of halogens is 2. The maximum absolute atomic E-state index is 10.4. The normalized spacial score (nSPS) is 13.2. The number of aliphatic hydroxyl groups is 1. The largest absolute Gasteiger partial charge is 0.379 e. The monoisotopic (exact) mass is 364 g/mol. The molecule has 2 rings (SSSR count). The van der Waals surface area contributed by atoms with Crippen LogP contribution in [0.4, 0.5) is 0 Å². The van der Waals surface area contributed by atoms with E-state index >= 15 is 0 Å². The lowest BCUT2D eigenvalue weighted by atomic mass is 10.2. The maximum atomic E-state index is 10.4. The summed E-state index contributed by atoms with van der Waals surface area (Å²) in [4.78, 5) is 6.17. The summed E-state index contributed by atoms with van der Waals surface area (Å²) < 4.78 is 3.11. The fourth-order valence-corrected chi connectivity index (χ4v) is 3.06. The summed E-state index contributed by atoms with van der Waals surface area (Å²) in [5.74, 6) is 0. The number of thiazole rings is 1. The van der Waals surface area contributed by atoms with E-state index in [1.165, 1.54) is 11.3 Å². The summed E-state index contributed by atoms with van der Waals surface area (Å²) in [7, 11) is 3.99. The standard InChI is InChI=1S/C11H14BrClN4OS/c1-16(2)3-4-17-9(7(12)5-15-17)10(18)11-14-6-8(13)19-11/h5-6,10,18H,3-4H2,1-2H3. The third kappa shape index (κ3) is 3.55. The first-order chi connectivity index (χ1) is 8.99. The average Bonchev–Trinajstić information content (AvgIpc) is 2.92. The highest BCUT2D eigenvalue weighted by molar-refractivity contribution is 9.10. The highest BCUT2D eigenvalue weighted by Gasteiger charge is 2.22. The molecule has 2 aromatic rings. The number of likely N-dealkylation sites (N-methyl/N-ethyl adjacent to an activating group) is 1. The van der Waals surface area contributed by atoms with Crippen LogP contribution in [0.2, 0.25) is 4.34 Å². The van der Waals surface area contributed by atoms with Crippen LogP contribution in [0.5, 0.6) is 0 Å². The smallest absolute Gasteiger partial charge is 0.148 e. The van der Waals surface area contributed by atoms with Crippen LogP contribution in [0.1, 0.15) is 16.8 Å². The van der Waals surface area contributed by atoms with Crippen molar-refractivity contribution in [1.82, 2.24) is 19.7 Å². The number of rotatable bonds is 5. The predicted octanol–water partition coefficient (Wildman–Crippen LogP) is 2.40. The van der Waals surface area contributed by atoms with Gasteiger partial charge in [0.25, 0.3) is 0 Å². The van der Waals surface area contributed by atoms with Crippen LogP contribution in [0, 0.1) is 0 Å². The summed E-state index contributed by atoms with van der Waals surface area (Å²) >= 11 is 10.5. The van der Waals surface area contributed by atoms with Gasteiger partial charge in [-0.2, -0.15) is 5.10 Å². The second-order valence-corrected chi connectivity index (χ2v) is 6.86. The fraction of sp³-hybridized carbons (Fsp3) is 0.455. The minimum atomic E-state index is -0.823. The number of aliphatic hydroxyl groups excluding tert-OH is 1. The lowest BCUT2D eigenvalue weighted by molar-refractivity contribution is 0.204. The van der Waals surface area contributed by atoms with E-state index in [1.807, 2.05) is 14.1 Å². The summed E-state index contributed by atoms with van der Waals surface area (Å²) in [6.45, 7) is 1.54. The Bertz CT molecular complexity index is 557. The molecule has 1 unspecified atom stereocenters. The van der Waals surface area contributed by atoms with Gasteiger partial charge in [0.15, 0.2) is 0 Å².